The van der Waals surface area contributed by atoms with Crippen LogP contribution in [0.3, 0.4) is 0 Å². The Hall–Kier alpha value is -0.120. The lowest BCUT2D eigenvalue weighted by atomic mass is 10.2. The highest BCUT2D eigenvalue weighted by Gasteiger charge is 2.32. The van der Waals surface area contributed by atoms with E-state index in [1.807, 2.05) is 0 Å². The summed E-state index contributed by atoms with van der Waals surface area (Å²) in [5, 5.41) is 3.63. The summed E-state index contributed by atoms with van der Waals surface area (Å²) >= 11 is 0. The van der Waals surface area contributed by atoms with Crippen LogP contribution >= 0.6 is 0 Å². The average molecular weight is 184 g/mol. The van der Waals surface area contributed by atoms with Crippen LogP contribution in [0.1, 0.15) is 19.8 Å². The van der Waals surface area contributed by atoms with E-state index in [4.69, 9.17) is 4.74 Å². The summed E-state index contributed by atoms with van der Waals surface area (Å²) in [6.07, 6.45) is 3.10. The fourth-order valence-electron chi connectivity index (χ4n) is 2.48. The third-order valence-corrected chi connectivity index (χ3v) is 3.21. The molecule has 3 heteroatoms. The van der Waals surface area contributed by atoms with E-state index in [-0.39, 0.29) is 0 Å². The summed E-state index contributed by atoms with van der Waals surface area (Å²) in [4.78, 5) is 2.53. The maximum atomic E-state index is 5.28. The Labute approximate surface area is 80.4 Å². The Balaban J connectivity index is 1.81. The molecular formula is C10H20N2O. The average Bonchev–Trinajstić information content (AvgIpc) is 2.46. The fourth-order valence-corrected chi connectivity index (χ4v) is 2.48. The third-order valence-electron chi connectivity index (χ3n) is 3.21. The first-order valence-corrected chi connectivity index (χ1v) is 5.29. The summed E-state index contributed by atoms with van der Waals surface area (Å²) in [7, 11) is 1.79. The summed E-state index contributed by atoms with van der Waals surface area (Å²) in [5.74, 6) is 0. The molecule has 2 aliphatic rings. The molecule has 2 saturated heterocycles. The predicted octanol–water partition coefficient (Wildman–Crippen LogP) is 0.457. The first-order valence-electron chi connectivity index (χ1n) is 5.29. The van der Waals surface area contributed by atoms with Crippen molar-refractivity contribution in [2.24, 2.45) is 0 Å². The molecule has 2 rings (SSSR count). The first-order chi connectivity index (χ1) is 6.28. The van der Waals surface area contributed by atoms with Crippen LogP contribution in [0.5, 0.6) is 0 Å². The number of nitrogens with zero attached hydrogens (tertiary/aromatic N) is 1. The molecule has 0 amide bonds. The van der Waals surface area contributed by atoms with Crippen LogP contribution in [0.4, 0.5) is 0 Å². The molecule has 2 bridgehead atoms. The lowest BCUT2D eigenvalue weighted by Gasteiger charge is -2.34. The number of nitrogens with one attached hydrogen (secondary N) is 1. The maximum Gasteiger partial charge on any atom is 0.0670 e. The lowest BCUT2D eigenvalue weighted by Crippen LogP contribution is -2.52. The van der Waals surface area contributed by atoms with E-state index >= 15 is 0 Å². The smallest absolute Gasteiger partial charge is 0.0670 e. The van der Waals surface area contributed by atoms with Crippen molar-refractivity contribution in [1.29, 1.82) is 0 Å². The zero-order chi connectivity index (χ0) is 9.26. The maximum absolute atomic E-state index is 5.28. The van der Waals surface area contributed by atoms with E-state index in [1.165, 1.54) is 25.9 Å². The Kier molecular flexibility index (Phi) is 2.86. The van der Waals surface area contributed by atoms with Crippen LogP contribution in [-0.2, 0) is 4.74 Å². The standard InChI is InChI=1S/C10H20N2O/c1-8(13-2)5-12-6-9-3-4-10(7-12)11-9/h8-11H,3-7H2,1-2H3. The van der Waals surface area contributed by atoms with Gasteiger partial charge in [-0.25, -0.2) is 0 Å². The van der Waals surface area contributed by atoms with Gasteiger partial charge in [-0.05, 0) is 19.8 Å². The van der Waals surface area contributed by atoms with Crippen LogP contribution < -0.4 is 5.32 Å². The Bertz CT molecular complexity index is 162. The minimum absolute atomic E-state index is 0.373. The number of hydrogen-bond acceptors (Lipinski definition) is 3. The zero-order valence-corrected chi connectivity index (χ0v) is 8.62. The van der Waals surface area contributed by atoms with E-state index in [2.05, 4.69) is 17.1 Å². The number of piperazine rings is 1. The highest BCUT2D eigenvalue weighted by molar-refractivity contribution is 4.92. The highest BCUT2D eigenvalue weighted by Crippen LogP contribution is 2.20. The molecule has 2 heterocycles. The monoisotopic (exact) mass is 184 g/mol. The minimum atomic E-state index is 0.373. The molecular weight excluding hydrogens is 164 g/mol. The van der Waals surface area contributed by atoms with E-state index in [0.29, 0.717) is 6.10 Å². The van der Waals surface area contributed by atoms with Crippen molar-refractivity contribution in [2.45, 2.75) is 38.0 Å². The molecule has 0 aromatic carbocycles. The van der Waals surface area contributed by atoms with Gasteiger partial charge in [-0.2, -0.15) is 0 Å². The number of fused-ring (bicyclic) bond motifs is 2. The van der Waals surface area contributed by atoms with Gasteiger partial charge < -0.3 is 10.1 Å². The van der Waals surface area contributed by atoms with Crippen LogP contribution in [-0.4, -0.2) is 49.8 Å². The summed E-state index contributed by atoms with van der Waals surface area (Å²) in [6.45, 7) is 5.66. The third kappa shape index (κ3) is 2.22. The van der Waals surface area contributed by atoms with Gasteiger partial charge in [0.1, 0.15) is 0 Å². The van der Waals surface area contributed by atoms with Crippen molar-refractivity contribution in [3.8, 4) is 0 Å². The SMILES string of the molecule is COC(C)CN1CC2CCC(C1)N2. The van der Waals surface area contributed by atoms with Gasteiger partial charge in [-0.15, -0.1) is 0 Å². The Morgan fingerprint density at radius 2 is 2.00 bits per heavy atom. The van der Waals surface area contributed by atoms with E-state index < -0.39 is 0 Å². The van der Waals surface area contributed by atoms with E-state index in [0.717, 1.165) is 18.6 Å². The molecule has 0 spiro atoms. The van der Waals surface area contributed by atoms with Crippen molar-refractivity contribution in [3.05, 3.63) is 0 Å². The van der Waals surface area contributed by atoms with Gasteiger partial charge in [0.2, 0.25) is 0 Å². The van der Waals surface area contributed by atoms with Gasteiger partial charge in [0.25, 0.3) is 0 Å². The molecule has 0 aliphatic carbocycles. The van der Waals surface area contributed by atoms with Gasteiger partial charge in [0.05, 0.1) is 6.10 Å². The van der Waals surface area contributed by atoms with Crippen LogP contribution in [0, 0.1) is 0 Å². The number of ether oxygens (including phenoxy) is 1. The quantitative estimate of drug-likeness (QED) is 0.689. The fraction of sp³-hybridized carbons (Fsp3) is 1.00. The van der Waals surface area contributed by atoms with Gasteiger partial charge in [0, 0.05) is 38.8 Å². The molecule has 0 aromatic heterocycles. The molecule has 0 radical (unpaired) electrons. The van der Waals surface area contributed by atoms with Crippen molar-refractivity contribution < 1.29 is 4.74 Å². The van der Waals surface area contributed by atoms with Crippen LogP contribution in [0.25, 0.3) is 0 Å². The molecule has 76 valence electrons. The van der Waals surface area contributed by atoms with E-state index in [1.54, 1.807) is 7.11 Å². The molecule has 2 aliphatic heterocycles. The topological polar surface area (TPSA) is 24.5 Å². The Morgan fingerprint density at radius 3 is 2.54 bits per heavy atom. The van der Waals surface area contributed by atoms with Gasteiger partial charge in [-0.1, -0.05) is 0 Å². The van der Waals surface area contributed by atoms with Crippen molar-refractivity contribution in [3.63, 3.8) is 0 Å². The summed E-state index contributed by atoms with van der Waals surface area (Å²) < 4.78 is 5.28. The van der Waals surface area contributed by atoms with Crippen LogP contribution in [0.2, 0.25) is 0 Å². The molecule has 0 saturated carbocycles. The lowest BCUT2D eigenvalue weighted by molar-refractivity contribution is 0.0645. The zero-order valence-electron chi connectivity index (χ0n) is 8.62. The second-order valence-corrected chi connectivity index (χ2v) is 4.40. The molecule has 3 nitrogen and oxygen atoms in total. The minimum Gasteiger partial charge on any atom is -0.380 e. The normalized spacial score (nSPS) is 36.5. The second-order valence-electron chi connectivity index (χ2n) is 4.40. The molecule has 0 aromatic rings. The number of rotatable bonds is 3. The second kappa shape index (κ2) is 3.95. The number of hydrogen-bond donors (Lipinski definition) is 1. The summed E-state index contributed by atoms with van der Waals surface area (Å²) in [5.41, 5.74) is 0. The van der Waals surface area contributed by atoms with Gasteiger partial charge >= 0.3 is 0 Å². The largest absolute Gasteiger partial charge is 0.380 e. The summed E-state index contributed by atoms with van der Waals surface area (Å²) in [6, 6.07) is 1.51. The van der Waals surface area contributed by atoms with Crippen LogP contribution in [0.15, 0.2) is 0 Å². The predicted molar refractivity (Wildman–Crippen MR) is 52.9 cm³/mol. The Morgan fingerprint density at radius 1 is 1.38 bits per heavy atom. The first kappa shape index (κ1) is 9.44. The van der Waals surface area contributed by atoms with Gasteiger partial charge in [-0.3, -0.25) is 4.90 Å². The molecule has 13 heavy (non-hydrogen) atoms. The van der Waals surface area contributed by atoms with Crippen molar-refractivity contribution in [2.75, 3.05) is 26.7 Å². The van der Waals surface area contributed by atoms with Crippen molar-refractivity contribution >= 4 is 0 Å². The molecule has 2 fully saturated rings. The number of likely N-dealkylation sites (tertiary alicyclic amines) is 1. The molecule has 1 N–H and O–H groups in total. The highest BCUT2D eigenvalue weighted by atomic mass is 16.5. The number of methoxy groups -OCH3 is 1. The molecule has 3 atom stereocenters. The van der Waals surface area contributed by atoms with Gasteiger partial charge in [0.15, 0.2) is 0 Å². The van der Waals surface area contributed by atoms with Crippen molar-refractivity contribution in [1.82, 2.24) is 10.2 Å². The van der Waals surface area contributed by atoms with E-state index in [9.17, 15) is 0 Å². The molecule has 3 unspecified atom stereocenters.